The summed E-state index contributed by atoms with van der Waals surface area (Å²) in [4.78, 5) is 40.0. The lowest BCUT2D eigenvalue weighted by atomic mass is 10.0. The molecule has 0 aliphatic carbocycles. The maximum atomic E-state index is 12.9. The number of hydrogen-bond acceptors (Lipinski definition) is 4. The van der Waals surface area contributed by atoms with Crippen LogP contribution in [0.2, 0.25) is 0 Å². The van der Waals surface area contributed by atoms with Gasteiger partial charge in [0.05, 0.1) is 11.0 Å². The number of para-hydroxylation sites is 1. The molecule has 5 N–H and O–H groups in total. The van der Waals surface area contributed by atoms with Crippen molar-refractivity contribution in [3.05, 3.63) is 84.3 Å². The molecule has 8 heteroatoms. The molecule has 3 heterocycles. The fourth-order valence-corrected chi connectivity index (χ4v) is 3.78. The second kappa shape index (κ2) is 7.99. The second-order valence-corrected chi connectivity index (χ2v) is 7.55. The standard InChI is InChI=1S/C24H20N6O2/c25-22(31)21(12-16-13-27-18-4-2-1-3-17(16)18)30-24(32)15-5-6-19-20(11-15)29-23(28-19)14-7-9-26-10-8-14/h1-11,13,21,27H,12H2,(H2,25,31)(H,28,29)(H,30,32). The molecule has 8 nitrogen and oxygen atoms in total. The number of H-pyrrole nitrogens is 2. The summed E-state index contributed by atoms with van der Waals surface area (Å²) in [6.45, 7) is 0. The summed E-state index contributed by atoms with van der Waals surface area (Å²) in [6.07, 6.45) is 5.52. The van der Waals surface area contributed by atoms with Gasteiger partial charge >= 0.3 is 0 Å². The minimum absolute atomic E-state index is 0.295. The molecule has 1 atom stereocenters. The molecule has 1 unspecified atom stereocenters. The van der Waals surface area contributed by atoms with Crippen LogP contribution in [0.3, 0.4) is 0 Å². The first kappa shape index (κ1) is 19.5. The topological polar surface area (TPSA) is 130 Å². The van der Waals surface area contributed by atoms with E-state index in [1.165, 1.54) is 0 Å². The maximum absolute atomic E-state index is 12.9. The molecule has 0 fully saturated rings. The first-order valence-electron chi connectivity index (χ1n) is 10.1. The largest absolute Gasteiger partial charge is 0.368 e. The summed E-state index contributed by atoms with van der Waals surface area (Å²) in [5.74, 6) is -0.281. The number of primary amides is 1. The van der Waals surface area contributed by atoms with Crippen molar-refractivity contribution in [1.82, 2.24) is 25.3 Å². The van der Waals surface area contributed by atoms with Crippen LogP contribution in [-0.2, 0) is 11.2 Å². The first-order chi connectivity index (χ1) is 15.6. The average molecular weight is 424 g/mol. The Morgan fingerprint density at radius 3 is 2.66 bits per heavy atom. The molecule has 0 aliphatic rings. The van der Waals surface area contributed by atoms with Crippen molar-refractivity contribution in [3.8, 4) is 11.4 Å². The van der Waals surface area contributed by atoms with Gasteiger partial charge < -0.3 is 21.0 Å². The van der Waals surface area contributed by atoms with E-state index in [4.69, 9.17) is 5.73 Å². The van der Waals surface area contributed by atoms with Crippen molar-refractivity contribution in [2.45, 2.75) is 12.5 Å². The number of pyridine rings is 1. The number of carbonyl (C=O) groups is 2. The number of carbonyl (C=O) groups excluding carboxylic acids is 2. The zero-order valence-electron chi connectivity index (χ0n) is 17.0. The van der Waals surface area contributed by atoms with Gasteiger partial charge in [0.1, 0.15) is 11.9 Å². The lowest BCUT2D eigenvalue weighted by molar-refractivity contribution is -0.119. The summed E-state index contributed by atoms with van der Waals surface area (Å²) >= 11 is 0. The Kier molecular flexibility index (Phi) is 4.87. The number of aromatic nitrogens is 4. The molecule has 2 aromatic carbocycles. The Morgan fingerprint density at radius 1 is 1.03 bits per heavy atom. The van der Waals surface area contributed by atoms with Gasteiger partial charge in [-0.05, 0) is 42.0 Å². The second-order valence-electron chi connectivity index (χ2n) is 7.55. The van der Waals surface area contributed by atoms with Gasteiger partial charge in [0.25, 0.3) is 5.91 Å². The van der Waals surface area contributed by atoms with E-state index in [2.05, 4.69) is 25.3 Å². The fraction of sp³-hybridized carbons (Fsp3) is 0.0833. The molecule has 0 saturated carbocycles. The van der Waals surface area contributed by atoms with Crippen molar-refractivity contribution >= 4 is 33.8 Å². The summed E-state index contributed by atoms with van der Waals surface area (Å²) < 4.78 is 0. The smallest absolute Gasteiger partial charge is 0.252 e. The van der Waals surface area contributed by atoms with Crippen molar-refractivity contribution in [3.63, 3.8) is 0 Å². The summed E-state index contributed by atoms with van der Waals surface area (Å²) in [5, 5.41) is 3.76. The number of nitrogens with two attached hydrogens (primary N) is 1. The third-order valence-corrected chi connectivity index (χ3v) is 5.45. The van der Waals surface area contributed by atoms with Gasteiger partial charge in [-0.15, -0.1) is 0 Å². The van der Waals surface area contributed by atoms with Crippen molar-refractivity contribution in [1.29, 1.82) is 0 Å². The summed E-state index contributed by atoms with van der Waals surface area (Å²) in [5.41, 5.74) is 10.2. The molecule has 0 spiro atoms. The minimum Gasteiger partial charge on any atom is -0.368 e. The number of benzene rings is 2. The number of imidazole rings is 1. The Labute approximate surface area is 182 Å². The van der Waals surface area contributed by atoms with Gasteiger partial charge in [-0.2, -0.15) is 0 Å². The van der Waals surface area contributed by atoms with Crippen LogP contribution in [0.25, 0.3) is 33.3 Å². The van der Waals surface area contributed by atoms with Crippen LogP contribution in [0.5, 0.6) is 0 Å². The SMILES string of the molecule is NC(=O)C(Cc1c[nH]c2ccccc12)NC(=O)c1ccc2nc(-c3ccncc3)[nH]c2c1. The fourth-order valence-electron chi connectivity index (χ4n) is 3.78. The molecule has 5 aromatic rings. The Bertz CT molecular complexity index is 1440. The molecule has 0 radical (unpaired) electrons. The summed E-state index contributed by atoms with van der Waals surface area (Å²) in [6, 6.07) is 15.8. The Morgan fingerprint density at radius 2 is 1.84 bits per heavy atom. The highest BCUT2D eigenvalue weighted by atomic mass is 16.2. The molecule has 32 heavy (non-hydrogen) atoms. The molecule has 0 bridgehead atoms. The number of fused-ring (bicyclic) bond motifs is 2. The number of rotatable bonds is 6. The van der Waals surface area contributed by atoms with E-state index in [-0.39, 0.29) is 5.91 Å². The van der Waals surface area contributed by atoms with E-state index in [0.29, 0.717) is 17.8 Å². The van der Waals surface area contributed by atoms with Crippen LogP contribution in [-0.4, -0.2) is 37.8 Å². The van der Waals surface area contributed by atoms with Gasteiger partial charge in [-0.1, -0.05) is 18.2 Å². The van der Waals surface area contributed by atoms with E-state index < -0.39 is 11.9 Å². The monoisotopic (exact) mass is 424 g/mol. The molecule has 2 amide bonds. The van der Waals surface area contributed by atoms with Gasteiger partial charge in [-0.3, -0.25) is 14.6 Å². The quantitative estimate of drug-likeness (QED) is 0.334. The molecule has 3 aromatic heterocycles. The van der Waals surface area contributed by atoms with Crippen LogP contribution in [0.15, 0.2) is 73.2 Å². The van der Waals surface area contributed by atoms with E-state index in [0.717, 1.165) is 33.1 Å². The Balaban J connectivity index is 1.38. The van der Waals surface area contributed by atoms with Crippen LogP contribution >= 0.6 is 0 Å². The van der Waals surface area contributed by atoms with Crippen LogP contribution in [0, 0.1) is 0 Å². The van der Waals surface area contributed by atoms with Crippen LogP contribution in [0.4, 0.5) is 0 Å². The lowest BCUT2D eigenvalue weighted by Crippen LogP contribution is -2.45. The van der Waals surface area contributed by atoms with E-state index >= 15 is 0 Å². The molecular formula is C24H20N6O2. The molecule has 158 valence electrons. The van der Waals surface area contributed by atoms with Crippen molar-refractivity contribution in [2.75, 3.05) is 0 Å². The van der Waals surface area contributed by atoms with Gasteiger partial charge in [0.2, 0.25) is 5.91 Å². The number of aromatic amines is 2. The number of nitrogens with zero attached hydrogens (tertiary/aromatic N) is 2. The van der Waals surface area contributed by atoms with Crippen LogP contribution in [0.1, 0.15) is 15.9 Å². The summed E-state index contributed by atoms with van der Waals surface area (Å²) in [7, 11) is 0. The minimum atomic E-state index is -0.841. The number of amides is 2. The van der Waals surface area contributed by atoms with Crippen LogP contribution < -0.4 is 11.1 Å². The predicted molar refractivity (Wildman–Crippen MR) is 122 cm³/mol. The molecule has 5 rings (SSSR count). The predicted octanol–water partition coefficient (Wildman–Crippen LogP) is 2.93. The first-order valence-corrected chi connectivity index (χ1v) is 10.1. The molecule has 0 saturated heterocycles. The van der Waals surface area contributed by atoms with Gasteiger partial charge in [0, 0.05) is 47.0 Å². The van der Waals surface area contributed by atoms with Gasteiger partial charge in [0.15, 0.2) is 0 Å². The molecular weight excluding hydrogens is 404 g/mol. The highest BCUT2D eigenvalue weighted by Crippen LogP contribution is 2.22. The third-order valence-electron chi connectivity index (χ3n) is 5.45. The van der Waals surface area contributed by atoms with E-state index in [9.17, 15) is 9.59 Å². The third kappa shape index (κ3) is 3.69. The highest BCUT2D eigenvalue weighted by Gasteiger charge is 2.21. The average Bonchev–Trinajstić information content (AvgIpc) is 3.43. The molecule has 0 aliphatic heterocycles. The van der Waals surface area contributed by atoms with Crippen molar-refractivity contribution in [2.24, 2.45) is 5.73 Å². The number of nitrogens with one attached hydrogen (secondary N) is 3. The zero-order valence-corrected chi connectivity index (χ0v) is 17.0. The lowest BCUT2D eigenvalue weighted by Gasteiger charge is -2.15. The van der Waals surface area contributed by atoms with Crippen molar-refractivity contribution < 1.29 is 9.59 Å². The maximum Gasteiger partial charge on any atom is 0.252 e. The van der Waals surface area contributed by atoms with E-state index in [1.807, 2.05) is 42.6 Å². The highest BCUT2D eigenvalue weighted by molar-refractivity contribution is 6.00. The number of hydrogen-bond donors (Lipinski definition) is 4. The normalized spacial score (nSPS) is 12.1. The van der Waals surface area contributed by atoms with Gasteiger partial charge in [-0.25, -0.2) is 4.98 Å². The zero-order chi connectivity index (χ0) is 22.1. The van der Waals surface area contributed by atoms with E-state index in [1.54, 1.807) is 30.6 Å². The Hall–Kier alpha value is -4.46.